The van der Waals surface area contributed by atoms with E-state index in [4.69, 9.17) is 11.6 Å². The Balaban J connectivity index is 2.23. The summed E-state index contributed by atoms with van der Waals surface area (Å²) >= 11 is 7.41. The third-order valence-corrected chi connectivity index (χ3v) is 4.28. The molecule has 2 aromatic heterocycles. The van der Waals surface area contributed by atoms with E-state index in [2.05, 4.69) is 4.98 Å². The molecule has 0 saturated carbocycles. The van der Waals surface area contributed by atoms with Crippen molar-refractivity contribution in [2.45, 2.75) is 6.92 Å². The van der Waals surface area contributed by atoms with Crippen LogP contribution >= 0.6 is 22.9 Å². The van der Waals surface area contributed by atoms with Crippen molar-refractivity contribution < 1.29 is 4.79 Å². The lowest BCUT2D eigenvalue weighted by Gasteiger charge is -1.99. The number of para-hydroxylation sites is 1. The molecule has 0 amide bonds. The van der Waals surface area contributed by atoms with E-state index >= 15 is 0 Å². The minimum atomic E-state index is -0.00931. The van der Waals surface area contributed by atoms with E-state index in [9.17, 15) is 4.79 Å². The second-order valence-corrected chi connectivity index (χ2v) is 5.42. The average molecular weight is 276 g/mol. The lowest BCUT2D eigenvalue weighted by atomic mass is 10.1. The Bertz CT molecular complexity index is 741. The molecule has 0 spiro atoms. The molecular formula is C14H10ClNOS. The highest BCUT2D eigenvalue weighted by atomic mass is 35.5. The van der Waals surface area contributed by atoms with Gasteiger partial charge in [-0.05, 0) is 24.4 Å². The van der Waals surface area contributed by atoms with Gasteiger partial charge >= 0.3 is 0 Å². The Morgan fingerprint density at radius 2 is 2.06 bits per heavy atom. The average Bonchev–Trinajstić information content (AvgIpc) is 2.91. The van der Waals surface area contributed by atoms with Crippen LogP contribution in [0.25, 0.3) is 10.9 Å². The second-order valence-electron chi connectivity index (χ2n) is 4.10. The number of carbonyl (C=O) groups excluding carboxylic acids is 1. The molecule has 0 aliphatic heterocycles. The predicted molar refractivity (Wildman–Crippen MR) is 75.8 cm³/mol. The Hall–Kier alpha value is -1.58. The van der Waals surface area contributed by atoms with E-state index < -0.39 is 0 Å². The summed E-state index contributed by atoms with van der Waals surface area (Å²) < 4.78 is 0. The first kappa shape index (κ1) is 11.5. The minimum absolute atomic E-state index is 0.00931. The summed E-state index contributed by atoms with van der Waals surface area (Å²) in [4.78, 5) is 16.4. The van der Waals surface area contributed by atoms with Crippen LogP contribution in [0.2, 0.25) is 5.02 Å². The number of thiophene rings is 1. The number of halogens is 1. The molecule has 90 valence electrons. The van der Waals surface area contributed by atoms with E-state index in [0.29, 0.717) is 9.90 Å². The zero-order valence-electron chi connectivity index (χ0n) is 9.66. The molecule has 0 atom stereocenters. The SMILES string of the molecule is Cc1[nH]c2ccccc2c1C(=O)c1sccc1Cl. The number of fused-ring (bicyclic) bond motifs is 1. The van der Waals surface area contributed by atoms with Crippen LogP contribution in [0.4, 0.5) is 0 Å². The van der Waals surface area contributed by atoms with Crippen molar-refractivity contribution in [2.75, 3.05) is 0 Å². The van der Waals surface area contributed by atoms with Crippen molar-refractivity contribution in [2.24, 2.45) is 0 Å². The maximum absolute atomic E-state index is 12.5. The van der Waals surface area contributed by atoms with E-state index in [-0.39, 0.29) is 5.78 Å². The third-order valence-electron chi connectivity index (χ3n) is 2.94. The molecule has 18 heavy (non-hydrogen) atoms. The number of rotatable bonds is 2. The maximum atomic E-state index is 12.5. The minimum Gasteiger partial charge on any atom is -0.358 e. The van der Waals surface area contributed by atoms with Gasteiger partial charge in [0.15, 0.2) is 0 Å². The molecule has 2 nitrogen and oxygen atoms in total. The number of aromatic amines is 1. The zero-order chi connectivity index (χ0) is 12.7. The molecule has 4 heteroatoms. The Labute approximate surface area is 113 Å². The summed E-state index contributed by atoms with van der Waals surface area (Å²) in [5.41, 5.74) is 2.58. The first-order chi connectivity index (χ1) is 8.68. The Morgan fingerprint density at radius 1 is 1.28 bits per heavy atom. The molecule has 0 fully saturated rings. The molecule has 0 bridgehead atoms. The Morgan fingerprint density at radius 3 is 2.78 bits per heavy atom. The van der Waals surface area contributed by atoms with Crippen LogP contribution in [0, 0.1) is 6.92 Å². The zero-order valence-corrected chi connectivity index (χ0v) is 11.2. The van der Waals surface area contributed by atoms with Crippen molar-refractivity contribution in [1.29, 1.82) is 0 Å². The van der Waals surface area contributed by atoms with E-state index in [0.717, 1.165) is 22.2 Å². The number of nitrogens with one attached hydrogen (secondary N) is 1. The molecule has 0 aliphatic carbocycles. The lowest BCUT2D eigenvalue weighted by molar-refractivity contribution is 0.104. The molecule has 3 aromatic rings. The van der Waals surface area contributed by atoms with Crippen LogP contribution in [0.3, 0.4) is 0 Å². The van der Waals surface area contributed by atoms with Crippen molar-refractivity contribution in [3.63, 3.8) is 0 Å². The largest absolute Gasteiger partial charge is 0.358 e. The molecule has 2 heterocycles. The fraction of sp³-hybridized carbons (Fsp3) is 0.0714. The fourth-order valence-corrected chi connectivity index (χ4v) is 3.23. The molecule has 1 N–H and O–H groups in total. The van der Waals surface area contributed by atoms with Crippen molar-refractivity contribution in [3.05, 3.63) is 56.9 Å². The van der Waals surface area contributed by atoms with Gasteiger partial charge in [-0.2, -0.15) is 0 Å². The summed E-state index contributed by atoms with van der Waals surface area (Å²) in [6.45, 7) is 1.91. The van der Waals surface area contributed by atoms with Crippen LogP contribution in [-0.4, -0.2) is 10.8 Å². The number of benzene rings is 1. The van der Waals surface area contributed by atoms with Gasteiger partial charge < -0.3 is 4.98 Å². The number of aromatic nitrogens is 1. The van der Waals surface area contributed by atoms with Crippen molar-refractivity contribution in [3.8, 4) is 0 Å². The number of hydrogen-bond donors (Lipinski definition) is 1. The first-order valence-corrected chi connectivity index (χ1v) is 6.79. The van der Waals surface area contributed by atoms with Gasteiger partial charge in [0.05, 0.1) is 15.5 Å². The summed E-state index contributed by atoms with van der Waals surface area (Å²) in [5.74, 6) is -0.00931. The van der Waals surface area contributed by atoms with Gasteiger partial charge in [0.1, 0.15) is 0 Å². The van der Waals surface area contributed by atoms with Crippen LogP contribution in [0.15, 0.2) is 35.7 Å². The van der Waals surface area contributed by atoms with Crippen molar-refractivity contribution >= 4 is 39.6 Å². The predicted octanol–water partition coefficient (Wildman–Crippen LogP) is 4.42. The van der Waals surface area contributed by atoms with Gasteiger partial charge in [-0.25, -0.2) is 0 Å². The monoisotopic (exact) mass is 275 g/mol. The van der Waals surface area contributed by atoms with Gasteiger partial charge in [0.2, 0.25) is 5.78 Å². The molecule has 0 unspecified atom stereocenters. The van der Waals surface area contributed by atoms with Gasteiger partial charge in [0.25, 0.3) is 0 Å². The fourth-order valence-electron chi connectivity index (χ4n) is 2.14. The highest BCUT2D eigenvalue weighted by Crippen LogP contribution is 2.30. The highest BCUT2D eigenvalue weighted by molar-refractivity contribution is 7.13. The van der Waals surface area contributed by atoms with Crippen LogP contribution in [0.5, 0.6) is 0 Å². The van der Waals surface area contributed by atoms with Crippen LogP contribution in [-0.2, 0) is 0 Å². The summed E-state index contributed by atoms with van der Waals surface area (Å²) in [5, 5.41) is 3.30. The van der Waals surface area contributed by atoms with Crippen molar-refractivity contribution in [1.82, 2.24) is 4.98 Å². The van der Waals surface area contributed by atoms with Gasteiger partial charge in [0, 0.05) is 16.6 Å². The van der Waals surface area contributed by atoms with E-state index in [1.54, 1.807) is 6.07 Å². The number of carbonyl (C=O) groups is 1. The van der Waals surface area contributed by atoms with Gasteiger partial charge in [-0.1, -0.05) is 29.8 Å². The van der Waals surface area contributed by atoms with Crippen LogP contribution in [0.1, 0.15) is 20.9 Å². The first-order valence-electron chi connectivity index (χ1n) is 5.53. The normalized spacial score (nSPS) is 11.0. The van der Waals surface area contributed by atoms with Crippen LogP contribution < -0.4 is 0 Å². The molecule has 0 aliphatic rings. The maximum Gasteiger partial charge on any atom is 0.206 e. The molecular weight excluding hydrogens is 266 g/mol. The number of aryl methyl sites for hydroxylation is 1. The molecule has 3 rings (SSSR count). The standard InChI is InChI=1S/C14H10ClNOS/c1-8-12(9-4-2-3-5-11(9)16-8)13(17)14-10(15)6-7-18-14/h2-7,16H,1H3. The number of H-pyrrole nitrogens is 1. The summed E-state index contributed by atoms with van der Waals surface area (Å²) in [6, 6.07) is 9.55. The molecule has 1 aromatic carbocycles. The van der Waals surface area contributed by atoms with Gasteiger partial charge in [-0.15, -0.1) is 11.3 Å². The number of hydrogen-bond acceptors (Lipinski definition) is 2. The third kappa shape index (κ3) is 1.67. The topological polar surface area (TPSA) is 32.9 Å². The van der Waals surface area contributed by atoms with E-state index in [1.807, 2.05) is 36.6 Å². The molecule has 0 saturated heterocycles. The summed E-state index contributed by atoms with van der Waals surface area (Å²) in [7, 11) is 0. The highest BCUT2D eigenvalue weighted by Gasteiger charge is 2.20. The quantitative estimate of drug-likeness (QED) is 0.690. The lowest BCUT2D eigenvalue weighted by Crippen LogP contribution is -2.00. The number of ketones is 1. The second kappa shape index (κ2) is 4.26. The van der Waals surface area contributed by atoms with Gasteiger partial charge in [-0.3, -0.25) is 4.79 Å². The van der Waals surface area contributed by atoms with E-state index in [1.165, 1.54) is 11.3 Å². The molecule has 0 radical (unpaired) electrons. The smallest absolute Gasteiger partial charge is 0.206 e. The summed E-state index contributed by atoms with van der Waals surface area (Å²) in [6.07, 6.45) is 0. The Kier molecular flexibility index (Phi) is 2.73.